The van der Waals surface area contributed by atoms with E-state index in [-0.39, 0.29) is 5.66 Å². The molecule has 0 aliphatic carbocycles. The van der Waals surface area contributed by atoms with Crippen molar-refractivity contribution < 1.29 is 23.7 Å². The molecule has 0 N–H and O–H groups in total. The normalized spacial score (nSPS) is 12.5. The SMILES string of the molecule is COOP(=O)(OOC)C(C)C. The van der Waals surface area contributed by atoms with Gasteiger partial charge in [-0.1, -0.05) is 13.8 Å². The van der Waals surface area contributed by atoms with Crippen molar-refractivity contribution in [3.63, 3.8) is 0 Å². The van der Waals surface area contributed by atoms with Crippen LogP contribution in [-0.4, -0.2) is 19.9 Å². The molecule has 0 radical (unpaired) electrons. The van der Waals surface area contributed by atoms with Crippen molar-refractivity contribution >= 4 is 7.60 Å². The van der Waals surface area contributed by atoms with Crippen LogP contribution in [0, 0.1) is 0 Å². The van der Waals surface area contributed by atoms with E-state index in [0.29, 0.717) is 0 Å². The predicted molar refractivity (Wildman–Crippen MR) is 38.9 cm³/mol. The van der Waals surface area contributed by atoms with Gasteiger partial charge in [0.15, 0.2) is 0 Å². The molecule has 0 rings (SSSR count). The summed E-state index contributed by atoms with van der Waals surface area (Å²) in [6.45, 7) is 3.36. The Labute approximate surface area is 66.0 Å². The second kappa shape index (κ2) is 4.85. The molecule has 0 aromatic carbocycles. The van der Waals surface area contributed by atoms with Crippen LogP contribution in [-0.2, 0) is 23.7 Å². The van der Waals surface area contributed by atoms with Crippen LogP contribution in [0.25, 0.3) is 0 Å². The third-order valence-electron chi connectivity index (χ3n) is 0.989. The zero-order chi connectivity index (χ0) is 8.91. The van der Waals surface area contributed by atoms with Gasteiger partial charge in [0.25, 0.3) is 0 Å². The Morgan fingerprint density at radius 1 is 1.09 bits per heavy atom. The van der Waals surface area contributed by atoms with Crippen molar-refractivity contribution in [1.82, 2.24) is 0 Å². The Hall–Kier alpha value is 0.0700. The summed E-state index contributed by atoms with van der Waals surface area (Å²) < 4.78 is 20.3. The van der Waals surface area contributed by atoms with Crippen LogP contribution in [0.2, 0.25) is 0 Å². The molecule has 0 aromatic rings. The summed E-state index contributed by atoms with van der Waals surface area (Å²) >= 11 is 0. The van der Waals surface area contributed by atoms with Crippen molar-refractivity contribution in [3.8, 4) is 0 Å². The smallest absolute Gasteiger partial charge is 0.255 e. The second-order valence-corrected chi connectivity index (χ2v) is 4.53. The molecule has 0 spiro atoms. The van der Waals surface area contributed by atoms with E-state index in [2.05, 4.69) is 19.1 Å². The lowest BCUT2D eigenvalue weighted by Crippen LogP contribution is -2.04. The van der Waals surface area contributed by atoms with Gasteiger partial charge in [-0.25, -0.2) is 9.78 Å². The first-order valence-corrected chi connectivity index (χ1v) is 4.72. The zero-order valence-electron chi connectivity index (χ0n) is 7.07. The van der Waals surface area contributed by atoms with E-state index in [1.165, 1.54) is 14.2 Å². The Morgan fingerprint density at radius 3 is 1.64 bits per heavy atom. The van der Waals surface area contributed by atoms with Crippen LogP contribution in [0.5, 0.6) is 0 Å². The van der Waals surface area contributed by atoms with Crippen LogP contribution < -0.4 is 0 Å². The fraction of sp³-hybridized carbons (Fsp3) is 1.00. The fourth-order valence-corrected chi connectivity index (χ4v) is 1.18. The van der Waals surface area contributed by atoms with Crippen molar-refractivity contribution in [2.75, 3.05) is 14.2 Å². The van der Waals surface area contributed by atoms with Crippen LogP contribution >= 0.6 is 7.60 Å². The van der Waals surface area contributed by atoms with Crippen molar-refractivity contribution in [3.05, 3.63) is 0 Å². The highest BCUT2D eigenvalue weighted by Gasteiger charge is 2.31. The van der Waals surface area contributed by atoms with E-state index in [1.54, 1.807) is 13.8 Å². The first kappa shape index (κ1) is 11.1. The quantitative estimate of drug-likeness (QED) is 0.370. The third kappa shape index (κ3) is 3.31. The lowest BCUT2D eigenvalue weighted by Gasteiger charge is -2.16. The van der Waals surface area contributed by atoms with Gasteiger partial charge in [-0.2, -0.15) is 0 Å². The molecule has 0 aromatic heterocycles. The number of hydrogen-bond acceptors (Lipinski definition) is 5. The monoisotopic (exact) mass is 184 g/mol. The van der Waals surface area contributed by atoms with Crippen molar-refractivity contribution in [2.24, 2.45) is 0 Å². The van der Waals surface area contributed by atoms with Gasteiger partial charge in [0.05, 0.1) is 19.9 Å². The third-order valence-corrected chi connectivity index (χ3v) is 2.97. The molecule has 68 valence electrons. The van der Waals surface area contributed by atoms with E-state index in [9.17, 15) is 4.57 Å². The van der Waals surface area contributed by atoms with Gasteiger partial charge in [0.1, 0.15) is 0 Å². The molecule has 0 aliphatic heterocycles. The Morgan fingerprint density at radius 2 is 1.45 bits per heavy atom. The lowest BCUT2D eigenvalue weighted by molar-refractivity contribution is -0.243. The lowest BCUT2D eigenvalue weighted by atomic mass is 10.6. The molecular formula is C5H13O5P. The molecule has 0 heterocycles. The summed E-state index contributed by atoms with van der Waals surface area (Å²) in [7, 11) is -0.720. The van der Waals surface area contributed by atoms with Gasteiger partial charge >= 0.3 is 7.60 Å². The number of hydrogen-bond donors (Lipinski definition) is 0. The second-order valence-electron chi connectivity index (χ2n) is 2.12. The summed E-state index contributed by atoms with van der Waals surface area (Å²) in [5, 5.41) is 0. The van der Waals surface area contributed by atoms with Gasteiger partial charge in [-0.15, -0.1) is 9.35 Å². The molecule has 0 bridgehead atoms. The average Bonchev–Trinajstić information content (AvgIpc) is 1.88. The maximum atomic E-state index is 11.4. The first-order valence-electron chi connectivity index (χ1n) is 3.11. The van der Waals surface area contributed by atoms with Crippen molar-refractivity contribution in [1.29, 1.82) is 0 Å². The van der Waals surface area contributed by atoms with E-state index in [1.807, 2.05) is 0 Å². The molecule has 0 atom stereocenters. The highest BCUT2D eigenvalue weighted by molar-refractivity contribution is 7.54. The molecule has 0 unspecified atom stereocenters. The van der Waals surface area contributed by atoms with Gasteiger partial charge in [-0.05, 0) is 0 Å². The predicted octanol–water partition coefficient (Wildman–Crippen LogP) is 1.74. The Kier molecular flexibility index (Phi) is 4.88. The first-order chi connectivity index (χ1) is 5.06. The molecule has 0 fully saturated rings. The maximum Gasteiger partial charge on any atom is 0.386 e. The van der Waals surface area contributed by atoms with Gasteiger partial charge in [0.2, 0.25) is 0 Å². The molecular weight excluding hydrogens is 171 g/mol. The Balaban J connectivity index is 4.14. The topological polar surface area (TPSA) is 54.0 Å². The summed E-state index contributed by atoms with van der Waals surface area (Å²) in [5.41, 5.74) is -0.303. The van der Waals surface area contributed by atoms with Gasteiger partial charge < -0.3 is 0 Å². The fourth-order valence-electron chi connectivity index (χ4n) is 0.392. The van der Waals surface area contributed by atoms with Crippen LogP contribution in [0.3, 0.4) is 0 Å². The largest absolute Gasteiger partial charge is 0.386 e. The highest BCUT2D eigenvalue weighted by atomic mass is 31.2. The minimum atomic E-state index is -3.24. The molecule has 0 saturated heterocycles. The van der Waals surface area contributed by atoms with Gasteiger partial charge in [-0.3, -0.25) is 4.57 Å². The molecule has 0 saturated carbocycles. The molecule has 6 heteroatoms. The van der Waals surface area contributed by atoms with E-state index in [4.69, 9.17) is 0 Å². The van der Waals surface area contributed by atoms with Crippen molar-refractivity contribution in [2.45, 2.75) is 19.5 Å². The Bertz CT molecular complexity index is 136. The average molecular weight is 184 g/mol. The van der Waals surface area contributed by atoms with Crippen LogP contribution in [0.4, 0.5) is 0 Å². The summed E-state index contributed by atoms with van der Waals surface area (Å²) in [6.07, 6.45) is 0. The maximum absolute atomic E-state index is 11.4. The van der Waals surface area contributed by atoms with E-state index >= 15 is 0 Å². The zero-order valence-corrected chi connectivity index (χ0v) is 7.96. The highest BCUT2D eigenvalue weighted by Crippen LogP contribution is 2.52. The molecule has 11 heavy (non-hydrogen) atoms. The summed E-state index contributed by atoms with van der Waals surface area (Å²) in [5.74, 6) is 0. The standard InChI is InChI=1S/C5H13O5P/c1-5(2)11(6,9-7-3)10-8-4/h5H,1-4H3. The van der Waals surface area contributed by atoms with Gasteiger partial charge in [0, 0.05) is 0 Å². The molecule has 0 amide bonds. The molecule has 0 aliphatic rings. The minimum absolute atomic E-state index is 0.303. The summed E-state index contributed by atoms with van der Waals surface area (Å²) in [4.78, 5) is 8.51. The van der Waals surface area contributed by atoms with Crippen LogP contribution in [0.15, 0.2) is 0 Å². The number of rotatable bonds is 5. The molecule has 5 nitrogen and oxygen atoms in total. The van der Waals surface area contributed by atoms with Crippen LogP contribution in [0.1, 0.15) is 13.8 Å². The minimum Gasteiger partial charge on any atom is -0.255 e. The van der Waals surface area contributed by atoms with E-state index in [0.717, 1.165) is 0 Å². The summed E-state index contributed by atoms with van der Waals surface area (Å²) in [6, 6.07) is 0. The van der Waals surface area contributed by atoms with E-state index < -0.39 is 7.60 Å².